The molecule has 1 aliphatic carbocycles. The number of rotatable bonds is 1. The van der Waals surface area contributed by atoms with Gasteiger partial charge in [0.15, 0.2) is 0 Å². The average Bonchev–Trinajstić information content (AvgIpc) is 2.67. The quantitative estimate of drug-likeness (QED) is 0.752. The molecule has 2 aliphatic rings. The molecule has 0 aromatic carbocycles. The van der Waals surface area contributed by atoms with Crippen LogP contribution in [0.4, 0.5) is 0 Å². The summed E-state index contributed by atoms with van der Waals surface area (Å²) in [7, 11) is 0. The minimum atomic E-state index is -0.658. The first-order valence-corrected chi connectivity index (χ1v) is 7.32. The van der Waals surface area contributed by atoms with Gasteiger partial charge in [-0.3, -0.25) is 4.90 Å². The van der Waals surface area contributed by atoms with Crippen LogP contribution in [0.3, 0.4) is 0 Å². The number of hydrogen-bond acceptors (Lipinski definition) is 4. The summed E-state index contributed by atoms with van der Waals surface area (Å²) >= 11 is 0. The van der Waals surface area contributed by atoms with Crippen molar-refractivity contribution in [2.24, 2.45) is 17.3 Å². The van der Waals surface area contributed by atoms with Crippen LogP contribution in [0, 0.1) is 28.6 Å². The fraction of sp³-hybridized carbons (Fsp3) is 0.933. The van der Waals surface area contributed by atoms with Crippen LogP contribution in [0.15, 0.2) is 0 Å². The minimum Gasteiger partial charge on any atom is -0.389 e. The SMILES string of the molecule is CC(C)(C)C1CCC(C#N)C(N2CC(O)C(O)C2)C1. The van der Waals surface area contributed by atoms with E-state index in [0.29, 0.717) is 19.0 Å². The van der Waals surface area contributed by atoms with Crippen molar-refractivity contribution in [1.29, 1.82) is 5.26 Å². The van der Waals surface area contributed by atoms with Gasteiger partial charge in [0.05, 0.1) is 24.2 Å². The van der Waals surface area contributed by atoms with Crippen LogP contribution in [-0.4, -0.2) is 46.5 Å². The lowest BCUT2D eigenvalue weighted by Gasteiger charge is -2.43. The van der Waals surface area contributed by atoms with Gasteiger partial charge < -0.3 is 10.2 Å². The topological polar surface area (TPSA) is 67.5 Å². The first kappa shape index (κ1) is 14.8. The van der Waals surface area contributed by atoms with E-state index < -0.39 is 12.2 Å². The summed E-state index contributed by atoms with van der Waals surface area (Å²) in [4.78, 5) is 2.13. The average molecular weight is 266 g/mol. The zero-order valence-electron chi connectivity index (χ0n) is 12.2. The highest BCUT2D eigenvalue weighted by Gasteiger charge is 2.42. The molecule has 0 aromatic rings. The van der Waals surface area contributed by atoms with Crippen LogP contribution in [-0.2, 0) is 0 Å². The van der Waals surface area contributed by atoms with Gasteiger partial charge in [-0.05, 0) is 30.6 Å². The van der Waals surface area contributed by atoms with Crippen LogP contribution in [0.2, 0.25) is 0 Å². The van der Waals surface area contributed by atoms with Crippen molar-refractivity contribution < 1.29 is 10.2 Å². The fourth-order valence-electron chi connectivity index (χ4n) is 3.56. The Balaban J connectivity index is 2.09. The maximum absolute atomic E-state index is 9.71. The fourth-order valence-corrected chi connectivity index (χ4v) is 3.56. The Labute approximate surface area is 116 Å². The van der Waals surface area contributed by atoms with Crippen molar-refractivity contribution in [3.63, 3.8) is 0 Å². The highest BCUT2D eigenvalue weighted by Crippen LogP contribution is 2.42. The second-order valence-corrected chi connectivity index (χ2v) is 7.27. The number of aliphatic hydroxyl groups excluding tert-OH is 2. The van der Waals surface area contributed by atoms with Gasteiger partial charge in [0.25, 0.3) is 0 Å². The monoisotopic (exact) mass is 266 g/mol. The normalized spacial score (nSPS) is 41.2. The molecule has 0 amide bonds. The third-order valence-electron chi connectivity index (χ3n) is 4.96. The molecule has 0 spiro atoms. The van der Waals surface area contributed by atoms with E-state index in [1.54, 1.807) is 0 Å². The van der Waals surface area contributed by atoms with Crippen molar-refractivity contribution in [1.82, 2.24) is 4.90 Å². The molecule has 108 valence electrons. The molecule has 19 heavy (non-hydrogen) atoms. The Hall–Kier alpha value is -0.630. The molecule has 2 fully saturated rings. The van der Waals surface area contributed by atoms with Gasteiger partial charge in [-0.15, -0.1) is 0 Å². The molecule has 5 unspecified atom stereocenters. The van der Waals surface area contributed by atoms with Gasteiger partial charge in [-0.25, -0.2) is 0 Å². The van der Waals surface area contributed by atoms with E-state index in [9.17, 15) is 15.5 Å². The number of hydrogen-bond donors (Lipinski definition) is 2. The van der Waals surface area contributed by atoms with E-state index in [0.717, 1.165) is 19.3 Å². The van der Waals surface area contributed by atoms with Crippen molar-refractivity contribution in [3.8, 4) is 6.07 Å². The molecule has 2 rings (SSSR count). The molecule has 0 bridgehead atoms. The maximum Gasteiger partial charge on any atom is 0.0938 e. The van der Waals surface area contributed by atoms with Gasteiger partial charge in [0, 0.05) is 19.1 Å². The minimum absolute atomic E-state index is 0.0381. The summed E-state index contributed by atoms with van der Waals surface area (Å²) in [5.74, 6) is 0.646. The second-order valence-electron chi connectivity index (χ2n) is 7.27. The molecule has 1 aliphatic heterocycles. The molecule has 1 saturated carbocycles. The van der Waals surface area contributed by atoms with Crippen molar-refractivity contribution in [3.05, 3.63) is 0 Å². The van der Waals surface area contributed by atoms with Gasteiger partial charge >= 0.3 is 0 Å². The van der Waals surface area contributed by atoms with Crippen molar-refractivity contribution in [2.45, 2.75) is 58.3 Å². The van der Waals surface area contributed by atoms with Crippen LogP contribution < -0.4 is 0 Å². The highest BCUT2D eigenvalue weighted by molar-refractivity contribution is 5.02. The number of β-amino-alcohol motifs (C(OH)–C–C–N with tert-alkyl or cyclic N) is 2. The van der Waals surface area contributed by atoms with E-state index in [4.69, 9.17) is 0 Å². The van der Waals surface area contributed by atoms with E-state index in [2.05, 4.69) is 31.7 Å². The lowest BCUT2D eigenvalue weighted by atomic mass is 9.68. The smallest absolute Gasteiger partial charge is 0.0938 e. The molecule has 4 heteroatoms. The Morgan fingerprint density at radius 3 is 2.16 bits per heavy atom. The molecular formula is C15H26N2O2. The van der Waals surface area contributed by atoms with E-state index in [-0.39, 0.29) is 17.4 Å². The highest BCUT2D eigenvalue weighted by atomic mass is 16.3. The molecule has 4 nitrogen and oxygen atoms in total. The van der Waals surface area contributed by atoms with Crippen LogP contribution in [0.5, 0.6) is 0 Å². The van der Waals surface area contributed by atoms with Crippen LogP contribution in [0.1, 0.15) is 40.0 Å². The number of likely N-dealkylation sites (tertiary alicyclic amines) is 1. The molecule has 5 atom stereocenters. The van der Waals surface area contributed by atoms with Gasteiger partial charge in [0.2, 0.25) is 0 Å². The largest absolute Gasteiger partial charge is 0.389 e. The maximum atomic E-state index is 9.71. The molecular weight excluding hydrogens is 240 g/mol. The van der Waals surface area contributed by atoms with Crippen molar-refractivity contribution >= 4 is 0 Å². The van der Waals surface area contributed by atoms with E-state index in [1.807, 2.05) is 0 Å². The molecule has 2 N–H and O–H groups in total. The summed E-state index contributed by atoms with van der Waals surface area (Å²) in [5, 5.41) is 28.8. The second kappa shape index (κ2) is 5.40. The Bertz CT molecular complexity index is 348. The van der Waals surface area contributed by atoms with Gasteiger partial charge in [-0.1, -0.05) is 20.8 Å². The predicted octanol–water partition coefficient (Wildman–Crippen LogP) is 1.38. The lowest BCUT2D eigenvalue weighted by molar-refractivity contribution is 0.0572. The van der Waals surface area contributed by atoms with E-state index >= 15 is 0 Å². The summed E-state index contributed by atoms with van der Waals surface area (Å²) in [6, 6.07) is 2.62. The zero-order chi connectivity index (χ0) is 14.2. The molecule has 0 radical (unpaired) electrons. The third-order valence-corrected chi connectivity index (χ3v) is 4.96. The standard InChI is InChI=1S/C15H26N2O2/c1-15(2,3)11-5-4-10(7-16)12(6-11)17-8-13(18)14(19)9-17/h10-14,18-19H,4-6,8-9H2,1-3H3. The summed E-state index contributed by atoms with van der Waals surface area (Å²) in [6.45, 7) is 7.78. The number of aliphatic hydroxyl groups is 2. The Morgan fingerprint density at radius 1 is 1.11 bits per heavy atom. The number of nitrogens with zero attached hydrogens (tertiary/aromatic N) is 2. The summed E-state index contributed by atoms with van der Waals surface area (Å²) < 4.78 is 0. The third kappa shape index (κ3) is 3.10. The zero-order valence-corrected chi connectivity index (χ0v) is 12.2. The van der Waals surface area contributed by atoms with Gasteiger partial charge in [0.1, 0.15) is 0 Å². The Kier molecular flexibility index (Phi) is 4.20. The summed E-state index contributed by atoms with van der Waals surface area (Å²) in [5.41, 5.74) is 0.260. The number of nitriles is 1. The predicted molar refractivity (Wildman–Crippen MR) is 73.3 cm³/mol. The van der Waals surface area contributed by atoms with Crippen molar-refractivity contribution in [2.75, 3.05) is 13.1 Å². The first-order chi connectivity index (χ1) is 8.82. The van der Waals surface area contributed by atoms with Crippen LogP contribution in [0.25, 0.3) is 0 Å². The van der Waals surface area contributed by atoms with Crippen LogP contribution >= 0.6 is 0 Å². The Morgan fingerprint density at radius 2 is 1.68 bits per heavy atom. The molecule has 1 saturated heterocycles. The first-order valence-electron chi connectivity index (χ1n) is 7.32. The van der Waals surface area contributed by atoms with Gasteiger partial charge in [-0.2, -0.15) is 5.26 Å². The lowest BCUT2D eigenvalue weighted by Crippen LogP contribution is -2.45. The van der Waals surface area contributed by atoms with E-state index in [1.165, 1.54) is 0 Å². The molecule has 1 heterocycles. The molecule has 0 aromatic heterocycles. The summed E-state index contributed by atoms with van der Waals surface area (Å²) in [6.07, 6.45) is 1.73.